The van der Waals surface area contributed by atoms with Gasteiger partial charge in [0.25, 0.3) is 0 Å². The molecule has 0 atom stereocenters. The Kier molecular flexibility index (Phi) is 4.76. The normalized spacial score (nSPS) is 22.4. The smallest absolute Gasteiger partial charge is 0.341 e. The summed E-state index contributed by atoms with van der Waals surface area (Å²) in [6.45, 7) is 2.24. The number of rotatable bonds is 3. The average molecular weight is 298 g/mol. The Hall–Kier alpha value is -1.42. The Bertz CT molecular complexity index is 496. The maximum absolute atomic E-state index is 11.8. The lowest BCUT2D eigenvalue weighted by Gasteiger charge is -2.28. The molecule has 0 radical (unpaired) electrons. The Morgan fingerprint density at radius 2 is 1.95 bits per heavy atom. The van der Waals surface area contributed by atoms with Gasteiger partial charge in [0.05, 0.1) is 18.2 Å². The first-order valence-electron chi connectivity index (χ1n) is 6.85. The number of nitrogens with two attached hydrogens (primary N) is 1. The third-order valence-electron chi connectivity index (χ3n) is 3.72. The number of nitrogen functional groups attached to an aromatic ring is 1. The SMILES string of the molecule is COC(=O)c1cc(N)cc(Cl)c1OC1CCC(C)CC1. The molecule has 0 bridgehead atoms. The molecule has 4 nitrogen and oxygen atoms in total. The molecule has 1 aromatic carbocycles. The number of halogens is 1. The van der Waals surface area contributed by atoms with Crippen LogP contribution in [0.25, 0.3) is 0 Å². The Labute approximate surface area is 124 Å². The molecular weight excluding hydrogens is 278 g/mol. The molecule has 20 heavy (non-hydrogen) atoms. The summed E-state index contributed by atoms with van der Waals surface area (Å²) in [5.74, 6) is 0.627. The molecule has 1 saturated carbocycles. The Morgan fingerprint density at radius 1 is 1.30 bits per heavy atom. The van der Waals surface area contributed by atoms with Crippen molar-refractivity contribution in [3.8, 4) is 5.75 Å². The zero-order chi connectivity index (χ0) is 14.7. The van der Waals surface area contributed by atoms with Gasteiger partial charge in [0.2, 0.25) is 0 Å². The first-order valence-corrected chi connectivity index (χ1v) is 7.23. The van der Waals surface area contributed by atoms with E-state index < -0.39 is 5.97 Å². The van der Waals surface area contributed by atoms with Crippen LogP contribution in [0.15, 0.2) is 12.1 Å². The highest BCUT2D eigenvalue weighted by Gasteiger charge is 2.24. The topological polar surface area (TPSA) is 61.5 Å². The maximum atomic E-state index is 11.8. The van der Waals surface area contributed by atoms with E-state index in [9.17, 15) is 4.79 Å². The van der Waals surface area contributed by atoms with Crippen LogP contribution in [0.3, 0.4) is 0 Å². The van der Waals surface area contributed by atoms with E-state index in [0.29, 0.717) is 16.5 Å². The van der Waals surface area contributed by atoms with Crippen molar-refractivity contribution in [1.82, 2.24) is 0 Å². The van der Waals surface area contributed by atoms with Gasteiger partial charge in [-0.15, -0.1) is 0 Å². The van der Waals surface area contributed by atoms with E-state index in [4.69, 9.17) is 26.8 Å². The molecule has 110 valence electrons. The van der Waals surface area contributed by atoms with Gasteiger partial charge in [0.15, 0.2) is 5.75 Å². The standard InChI is InChI=1S/C15H20ClNO3/c1-9-3-5-11(6-4-9)20-14-12(15(18)19-2)7-10(17)8-13(14)16/h7-9,11H,3-6,17H2,1-2H3. The van der Waals surface area contributed by atoms with Crippen molar-refractivity contribution in [3.63, 3.8) is 0 Å². The fraction of sp³-hybridized carbons (Fsp3) is 0.533. The summed E-state index contributed by atoms with van der Waals surface area (Å²) in [6.07, 6.45) is 4.30. The fourth-order valence-electron chi connectivity index (χ4n) is 2.51. The number of benzene rings is 1. The predicted molar refractivity (Wildman–Crippen MR) is 79.3 cm³/mol. The van der Waals surface area contributed by atoms with Crippen LogP contribution in [0, 0.1) is 5.92 Å². The number of carbonyl (C=O) groups excluding carboxylic acids is 1. The molecule has 5 heteroatoms. The summed E-state index contributed by atoms with van der Waals surface area (Å²) in [4.78, 5) is 11.8. The van der Waals surface area contributed by atoms with Crippen molar-refractivity contribution >= 4 is 23.3 Å². The molecule has 0 heterocycles. The van der Waals surface area contributed by atoms with Crippen LogP contribution in [0.1, 0.15) is 43.0 Å². The Morgan fingerprint density at radius 3 is 2.55 bits per heavy atom. The monoisotopic (exact) mass is 297 g/mol. The number of anilines is 1. The molecule has 1 aliphatic carbocycles. The van der Waals surface area contributed by atoms with Crippen molar-refractivity contribution in [2.45, 2.75) is 38.7 Å². The number of ether oxygens (including phenoxy) is 2. The second-order valence-electron chi connectivity index (χ2n) is 5.37. The quantitative estimate of drug-likeness (QED) is 0.683. The fourth-order valence-corrected chi connectivity index (χ4v) is 2.78. The highest BCUT2D eigenvalue weighted by Crippen LogP contribution is 2.35. The van der Waals surface area contributed by atoms with E-state index in [-0.39, 0.29) is 11.7 Å². The first-order chi connectivity index (χ1) is 9.51. The maximum Gasteiger partial charge on any atom is 0.341 e. The molecule has 1 aromatic rings. The zero-order valence-electron chi connectivity index (χ0n) is 11.8. The highest BCUT2D eigenvalue weighted by atomic mass is 35.5. The molecule has 0 amide bonds. The predicted octanol–water partition coefficient (Wildman–Crippen LogP) is 3.67. The molecule has 0 unspecified atom stereocenters. The van der Waals surface area contributed by atoms with E-state index in [2.05, 4.69) is 6.92 Å². The molecule has 0 saturated heterocycles. The summed E-state index contributed by atoms with van der Waals surface area (Å²) in [7, 11) is 1.32. The first kappa shape index (κ1) is 15.0. The Balaban J connectivity index is 2.23. The van der Waals surface area contributed by atoms with Crippen LogP contribution in [0.5, 0.6) is 5.75 Å². The lowest BCUT2D eigenvalue weighted by Crippen LogP contribution is -2.24. The van der Waals surface area contributed by atoms with Gasteiger partial charge in [0.1, 0.15) is 5.56 Å². The van der Waals surface area contributed by atoms with Crippen LogP contribution in [0.2, 0.25) is 5.02 Å². The number of hydrogen-bond acceptors (Lipinski definition) is 4. The number of carbonyl (C=O) groups is 1. The van der Waals surface area contributed by atoms with E-state index in [1.54, 1.807) is 12.1 Å². The average Bonchev–Trinajstić information content (AvgIpc) is 2.42. The van der Waals surface area contributed by atoms with Crippen molar-refractivity contribution in [3.05, 3.63) is 22.7 Å². The van der Waals surface area contributed by atoms with Gasteiger partial charge in [-0.2, -0.15) is 0 Å². The van der Waals surface area contributed by atoms with Crippen molar-refractivity contribution in [1.29, 1.82) is 0 Å². The second-order valence-corrected chi connectivity index (χ2v) is 5.78. The van der Waals surface area contributed by atoms with Gasteiger partial charge in [-0.25, -0.2) is 4.79 Å². The summed E-state index contributed by atoms with van der Waals surface area (Å²) in [6, 6.07) is 3.13. The van der Waals surface area contributed by atoms with E-state index in [1.165, 1.54) is 7.11 Å². The largest absolute Gasteiger partial charge is 0.488 e. The van der Waals surface area contributed by atoms with Gasteiger partial charge >= 0.3 is 5.97 Å². The summed E-state index contributed by atoms with van der Waals surface area (Å²) >= 11 is 6.17. The number of hydrogen-bond donors (Lipinski definition) is 1. The van der Waals surface area contributed by atoms with Crippen LogP contribution in [-0.4, -0.2) is 19.2 Å². The van der Waals surface area contributed by atoms with Crippen molar-refractivity contribution in [2.75, 3.05) is 12.8 Å². The lowest BCUT2D eigenvalue weighted by molar-refractivity contribution is 0.0589. The van der Waals surface area contributed by atoms with E-state index >= 15 is 0 Å². The number of esters is 1. The van der Waals surface area contributed by atoms with E-state index in [0.717, 1.165) is 31.6 Å². The van der Waals surface area contributed by atoms with Crippen LogP contribution < -0.4 is 10.5 Å². The molecule has 2 N–H and O–H groups in total. The van der Waals surface area contributed by atoms with Gasteiger partial charge < -0.3 is 15.2 Å². The van der Waals surface area contributed by atoms with Crippen LogP contribution in [0.4, 0.5) is 5.69 Å². The molecule has 0 aromatic heterocycles. The summed E-state index contributed by atoms with van der Waals surface area (Å²) < 4.78 is 10.7. The molecule has 1 aliphatic rings. The number of methoxy groups -OCH3 is 1. The molecular formula is C15H20ClNO3. The van der Waals surface area contributed by atoms with Gasteiger partial charge in [0, 0.05) is 5.69 Å². The third-order valence-corrected chi connectivity index (χ3v) is 4.00. The van der Waals surface area contributed by atoms with Crippen molar-refractivity contribution < 1.29 is 14.3 Å². The molecule has 0 aliphatic heterocycles. The minimum atomic E-state index is -0.488. The van der Waals surface area contributed by atoms with Gasteiger partial charge in [-0.05, 0) is 43.7 Å². The minimum absolute atomic E-state index is 0.0933. The van der Waals surface area contributed by atoms with E-state index in [1.807, 2.05) is 0 Å². The summed E-state index contributed by atoms with van der Waals surface area (Å²) in [5.41, 5.74) is 6.43. The minimum Gasteiger partial charge on any atom is -0.488 e. The molecule has 2 rings (SSSR count). The third kappa shape index (κ3) is 3.37. The molecule has 0 spiro atoms. The van der Waals surface area contributed by atoms with Gasteiger partial charge in [-0.3, -0.25) is 0 Å². The second kappa shape index (κ2) is 6.35. The zero-order valence-corrected chi connectivity index (χ0v) is 12.6. The van der Waals surface area contributed by atoms with Crippen LogP contribution in [-0.2, 0) is 4.74 Å². The highest BCUT2D eigenvalue weighted by molar-refractivity contribution is 6.33. The van der Waals surface area contributed by atoms with Crippen LogP contribution >= 0.6 is 11.6 Å². The molecule has 1 fully saturated rings. The van der Waals surface area contributed by atoms with Crippen molar-refractivity contribution in [2.24, 2.45) is 5.92 Å². The van der Waals surface area contributed by atoms with Gasteiger partial charge in [-0.1, -0.05) is 18.5 Å². The summed E-state index contributed by atoms with van der Waals surface area (Å²) in [5, 5.41) is 0.351. The lowest BCUT2D eigenvalue weighted by atomic mass is 9.89.